The zero-order chi connectivity index (χ0) is 16.5. The van der Waals surface area contributed by atoms with Crippen LogP contribution in [0.1, 0.15) is 50.8 Å². The van der Waals surface area contributed by atoms with Gasteiger partial charge in [0.15, 0.2) is 0 Å². The molecule has 1 unspecified atom stereocenters. The molecule has 0 aromatic heterocycles. The molecule has 0 amide bonds. The SMILES string of the molecule is CC(C)c1ccccc1C1CN(S(C)(=O)=O)CCN1C(C)C. The summed E-state index contributed by atoms with van der Waals surface area (Å²) in [6.07, 6.45) is 1.31. The zero-order valence-electron chi connectivity index (χ0n) is 14.3. The maximum Gasteiger partial charge on any atom is 0.211 e. The van der Waals surface area contributed by atoms with Gasteiger partial charge in [-0.05, 0) is 30.9 Å². The first-order chi connectivity index (χ1) is 10.2. The second-order valence-corrected chi connectivity index (χ2v) is 8.73. The molecule has 1 saturated heterocycles. The van der Waals surface area contributed by atoms with Gasteiger partial charge in [0.2, 0.25) is 10.0 Å². The maximum atomic E-state index is 12.0. The zero-order valence-corrected chi connectivity index (χ0v) is 15.1. The smallest absolute Gasteiger partial charge is 0.211 e. The predicted molar refractivity (Wildman–Crippen MR) is 91.5 cm³/mol. The Bertz CT molecular complexity index is 611. The molecule has 1 aliphatic heterocycles. The average Bonchev–Trinajstić information content (AvgIpc) is 2.45. The van der Waals surface area contributed by atoms with E-state index < -0.39 is 10.0 Å². The van der Waals surface area contributed by atoms with E-state index in [4.69, 9.17) is 0 Å². The second kappa shape index (κ2) is 6.69. The van der Waals surface area contributed by atoms with Crippen LogP contribution in [0.4, 0.5) is 0 Å². The Morgan fingerprint density at radius 3 is 2.27 bits per heavy atom. The van der Waals surface area contributed by atoms with Crippen molar-refractivity contribution in [1.82, 2.24) is 9.21 Å². The second-order valence-electron chi connectivity index (χ2n) is 6.75. The van der Waals surface area contributed by atoms with Gasteiger partial charge in [0.25, 0.3) is 0 Å². The molecule has 1 aliphatic rings. The van der Waals surface area contributed by atoms with E-state index in [1.807, 2.05) is 0 Å². The van der Waals surface area contributed by atoms with E-state index in [0.717, 1.165) is 6.54 Å². The van der Waals surface area contributed by atoms with Gasteiger partial charge in [0.1, 0.15) is 0 Å². The lowest BCUT2D eigenvalue weighted by Crippen LogP contribution is -2.52. The van der Waals surface area contributed by atoms with Gasteiger partial charge in [-0.15, -0.1) is 0 Å². The van der Waals surface area contributed by atoms with Crippen molar-refractivity contribution in [3.8, 4) is 0 Å². The summed E-state index contributed by atoms with van der Waals surface area (Å²) in [5, 5.41) is 0. The van der Waals surface area contributed by atoms with E-state index in [1.54, 1.807) is 4.31 Å². The molecule has 0 radical (unpaired) electrons. The van der Waals surface area contributed by atoms with Gasteiger partial charge < -0.3 is 0 Å². The van der Waals surface area contributed by atoms with Crippen LogP contribution in [0.5, 0.6) is 0 Å². The van der Waals surface area contributed by atoms with E-state index in [9.17, 15) is 8.42 Å². The molecule has 2 rings (SSSR count). The van der Waals surface area contributed by atoms with Gasteiger partial charge in [0, 0.05) is 31.7 Å². The Labute approximate surface area is 135 Å². The molecule has 1 atom stereocenters. The highest BCUT2D eigenvalue weighted by molar-refractivity contribution is 7.88. The largest absolute Gasteiger partial charge is 0.291 e. The van der Waals surface area contributed by atoms with Gasteiger partial charge in [-0.1, -0.05) is 38.1 Å². The maximum absolute atomic E-state index is 12.0. The fraction of sp³-hybridized carbons (Fsp3) is 0.647. The first-order valence-corrected chi connectivity index (χ1v) is 9.86. The summed E-state index contributed by atoms with van der Waals surface area (Å²) in [6.45, 7) is 10.6. The Balaban J connectivity index is 2.42. The minimum absolute atomic E-state index is 0.127. The Kier molecular flexibility index (Phi) is 5.30. The molecule has 1 aromatic rings. The van der Waals surface area contributed by atoms with Gasteiger partial charge in [-0.2, -0.15) is 4.31 Å². The van der Waals surface area contributed by atoms with Crippen LogP contribution in [-0.2, 0) is 10.0 Å². The third kappa shape index (κ3) is 3.70. The van der Waals surface area contributed by atoms with Gasteiger partial charge in [-0.25, -0.2) is 8.42 Å². The summed E-state index contributed by atoms with van der Waals surface area (Å²) < 4.78 is 25.6. The lowest BCUT2D eigenvalue weighted by molar-refractivity contribution is 0.0870. The molecule has 1 heterocycles. The molecular weight excluding hydrogens is 296 g/mol. The third-order valence-electron chi connectivity index (χ3n) is 4.49. The van der Waals surface area contributed by atoms with Crippen molar-refractivity contribution in [2.75, 3.05) is 25.9 Å². The van der Waals surface area contributed by atoms with E-state index in [0.29, 0.717) is 25.0 Å². The van der Waals surface area contributed by atoms with Crippen LogP contribution in [0.25, 0.3) is 0 Å². The van der Waals surface area contributed by atoms with Crippen molar-refractivity contribution >= 4 is 10.0 Å². The van der Waals surface area contributed by atoms with Crippen LogP contribution >= 0.6 is 0 Å². The quantitative estimate of drug-likeness (QED) is 0.855. The third-order valence-corrected chi connectivity index (χ3v) is 5.76. The number of hydrogen-bond donors (Lipinski definition) is 0. The van der Waals surface area contributed by atoms with Crippen molar-refractivity contribution in [2.24, 2.45) is 0 Å². The first kappa shape index (κ1) is 17.4. The number of nitrogens with zero attached hydrogens (tertiary/aromatic N) is 2. The van der Waals surface area contributed by atoms with Gasteiger partial charge in [0.05, 0.1) is 6.26 Å². The lowest BCUT2D eigenvalue weighted by Gasteiger charge is -2.43. The van der Waals surface area contributed by atoms with Crippen LogP contribution in [-0.4, -0.2) is 49.6 Å². The van der Waals surface area contributed by atoms with E-state index in [1.165, 1.54) is 17.4 Å². The molecule has 22 heavy (non-hydrogen) atoms. The van der Waals surface area contributed by atoms with Gasteiger partial charge >= 0.3 is 0 Å². The topological polar surface area (TPSA) is 40.6 Å². The number of rotatable bonds is 4. The number of sulfonamides is 1. The molecule has 124 valence electrons. The summed E-state index contributed by atoms with van der Waals surface area (Å²) in [4.78, 5) is 2.42. The first-order valence-electron chi connectivity index (χ1n) is 8.01. The molecule has 0 N–H and O–H groups in total. The number of hydrogen-bond acceptors (Lipinski definition) is 3. The summed E-state index contributed by atoms with van der Waals surface area (Å²) in [7, 11) is -3.14. The minimum Gasteiger partial charge on any atom is -0.291 e. The molecule has 1 fully saturated rings. The average molecular weight is 324 g/mol. The number of benzene rings is 1. The molecule has 0 saturated carbocycles. The van der Waals surface area contributed by atoms with Crippen LogP contribution < -0.4 is 0 Å². The molecule has 0 spiro atoms. The highest BCUT2D eigenvalue weighted by atomic mass is 32.2. The molecule has 0 aliphatic carbocycles. The summed E-state index contributed by atoms with van der Waals surface area (Å²) >= 11 is 0. The van der Waals surface area contributed by atoms with Crippen LogP contribution in [0.3, 0.4) is 0 Å². The lowest BCUT2D eigenvalue weighted by atomic mass is 9.90. The van der Waals surface area contributed by atoms with Crippen LogP contribution in [0, 0.1) is 0 Å². The monoisotopic (exact) mass is 324 g/mol. The fourth-order valence-electron chi connectivity index (χ4n) is 3.31. The predicted octanol–water partition coefficient (Wildman–Crippen LogP) is 2.84. The minimum atomic E-state index is -3.14. The molecule has 4 nitrogen and oxygen atoms in total. The summed E-state index contributed by atoms with van der Waals surface area (Å²) in [6, 6.07) is 8.96. The Morgan fingerprint density at radius 2 is 1.73 bits per heavy atom. The Morgan fingerprint density at radius 1 is 1.09 bits per heavy atom. The highest BCUT2D eigenvalue weighted by Crippen LogP contribution is 2.33. The summed E-state index contributed by atoms with van der Waals surface area (Å²) in [5.41, 5.74) is 2.58. The summed E-state index contributed by atoms with van der Waals surface area (Å²) in [5.74, 6) is 0.429. The van der Waals surface area contributed by atoms with Crippen LogP contribution in [0.2, 0.25) is 0 Å². The molecule has 0 bridgehead atoms. The Hall–Kier alpha value is -0.910. The van der Waals surface area contributed by atoms with Crippen molar-refractivity contribution in [2.45, 2.75) is 45.7 Å². The molecule has 5 heteroatoms. The van der Waals surface area contributed by atoms with E-state index in [-0.39, 0.29) is 6.04 Å². The highest BCUT2D eigenvalue weighted by Gasteiger charge is 2.34. The van der Waals surface area contributed by atoms with E-state index in [2.05, 4.69) is 56.9 Å². The molecular formula is C17H28N2O2S. The molecule has 1 aromatic carbocycles. The van der Waals surface area contributed by atoms with E-state index >= 15 is 0 Å². The van der Waals surface area contributed by atoms with Gasteiger partial charge in [-0.3, -0.25) is 4.90 Å². The number of piperazine rings is 1. The van der Waals surface area contributed by atoms with Crippen molar-refractivity contribution < 1.29 is 8.42 Å². The van der Waals surface area contributed by atoms with Crippen LogP contribution in [0.15, 0.2) is 24.3 Å². The normalized spacial score (nSPS) is 21.7. The van der Waals surface area contributed by atoms with Crippen molar-refractivity contribution in [1.29, 1.82) is 0 Å². The fourth-order valence-corrected chi connectivity index (χ4v) is 4.13. The van der Waals surface area contributed by atoms with Crippen molar-refractivity contribution in [3.63, 3.8) is 0 Å². The standard InChI is InChI=1S/C17H28N2O2S/c1-13(2)15-8-6-7-9-16(15)17-12-18(22(5,20)21)10-11-19(17)14(3)4/h6-9,13-14,17H,10-12H2,1-5H3. The van der Waals surface area contributed by atoms with Crippen molar-refractivity contribution in [3.05, 3.63) is 35.4 Å².